The molecule has 3 nitrogen and oxygen atoms in total. The minimum absolute atomic E-state index is 0.0601. The van der Waals surface area contributed by atoms with Crippen molar-refractivity contribution in [1.29, 1.82) is 0 Å². The summed E-state index contributed by atoms with van der Waals surface area (Å²) in [5, 5.41) is 5.96. The van der Waals surface area contributed by atoms with Crippen molar-refractivity contribution in [1.82, 2.24) is 9.78 Å². The van der Waals surface area contributed by atoms with Crippen LogP contribution in [0.1, 0.15) is 26.5 Å². The standard InChI is InChI=1S/C11H12N2OS/c1-7-4-9(6-15-7)11(14)10-5-12-13(3)8(10)2/h4-6H,1-3H3. The molecule has 0 aliphatic carbocycles. The van der Waals surface area contributed by atoms with Gasteiger partial charge in [0.15, 0.2) is 5.78 Å². The van der Waals surface area contributed by atoms with Gasteiger partial charge in [-0.15, -0.1) is 11.3 Å². The Morgan fingerprint density at radius 2 is 2.20 bits per heavy atom. The van der Waals surface area contributed by atoms with Gasteiger partial charge in [0.1, 0.15) is 0 Å². The van der Waals surface area contributed by atoms with Crippen molar-refractivity contribution < 1.29 is 4.79 Å². The van der Waals surface area contributed by atoms with Gasteiger partial charge in [0.25, 0.3) is 0 Å². The summed E-state index contributed by atoms with van der Waals surface area (Å²) in [6.07, 6.45) is 1.63. The number of carbonyl (C=O) groups excluding carboxylic acids is 1. The lowest BCUT2D eigenvalue weighted by atomic mass is 10.1. The number of rotatable bonds is 2. The molecule has 0 N–H and O–H groups in total. The molecule has 0 aromatic carbocycles. The zero-order valence-corrected chi connectivity index (χ0v) is 9.76. The Labute approximate surface area is 92.4 Å². The van der Waals surface area contributed by atoms with E-state index in [0.717, 1.165) is 16.1 Å². The van der Waals surface area contributed by atoms with E-state index >= 15 is 0 Å². The third-order valence-corrected chi connectivity index (χ3v) is 3.33. The summed E-state index contributed by atoms with van der Waals surface area (Å²) in [4.78, 5) is 13.2. The normalized spacial score (nSPS) is 10.6. The highest BCUT2D eigenvalue weighted by Crippen LogP contribution is 2.18. The highest BCUT2D eigenvalue weighted by atomic mass is 32.1. The molecule has 4 heteroatoms. The molecule has 2 rings (SSSR count). The summed E-state index contributed by atoms with van der Waals surface area (Å²) in [6.45, 7) is 3.90. The number of carbonyl (C=O) groups is 1. The second-order valence-electron chi connectivity index (χ2n) is 3.54. The fourth-order valence-corrected chi connectivity index (χ4v) is 2.12. The maximum Gasteiger partial charge on any atom is 0.197 e. The highest BCUT2D eigenvalue weighted by Gasteiger charge is 2.15. The molecule has 0 radical (unpaired) electrons. The minimum Gasteiger partial charge on any atom is -0.288 e. The molecule has 0 atom stereocenters. The van der Waals surface area contributed by atoms with Crippen LogP contribution < -0.4 is 0 Å². The molecule has 2 heterocycles. The molecule has 0 amide bonds. The van der Waals surface area contributed by atoms with E-state index in [2.05, 4.69) is 5.10 Å². The van der Waals surface area contributed by atoms with E-state index in [0.29, 0.717) is 5.56 Å². The van der Waals surface area contributed by atoms with E-state index < -0.39 is 0 Å². The zero-order chi connectivity index (χ0) is 11.0. The Kier molecular flexibility index (Phi) is 2.44. The topological polar surface area (TPSA) is 34.9 Å². The molecule has 0 saturated heterocycles. The maximum absolute atomic E-state index is 12.0. The van der Waals surface area contributed by atoms with Crippen LogP contribution in [0, 0.1) is 13.8 Å². The van der Waals surface area contributed by atoms with Gasteiger partial charge in [0.05, 0.1) is 11.8 Å². The summed E-state index contributed by atoms with van der Waals surface area (Å²) in [5.41, 5.74) is 2.35. The fraction of sp³-hybridized carbons (Fsp3) is 0.273. The largest absolute Gasteiger partial charge is 0.288 e. The Bertz CT molecular complexity index is 510. The maximum atomic E-state index is 12.0. The van der Waals surface area contributed by atoms with Gasteiger partial charge in [0.2, 0.25) is 0 Å². The van der Waals surface area contributed by atoms with Crippen molar-refractivity contribution in [3.63, 3.8) is 0 Å². The van der Waals surface area contributed by atoms with Gasteiger partial charge in [0, 0.05) is 28.6 Å². The number of aryl methyl sites for hydroxylation is 2. The second-order valence-corrected chi connectivity index (χ2v) is 4.66. The molecule has 2 aromatic rings. The highest BCUT2D eigenvalue weighted by molar-refractivity contribution is 7.10. The van der Waals surface area contributed by atoms with Gasteiger partial charge in [-0.3, -0.25) is 9.48 Å². The Morgan fingerprint density at radius 1 is 1.47 bits per heavy atom. The first-order valence-electron chi connectivity index (χ1n) is 4.68. The molecule has 0 bridgehead atoms. The first-order chi connectivity index (χ1) is 7.09. The van der Waals surface area contributed by atoms with Crippen molar-refractivity contribution in [2.24, 2.45) is 7.05 Å². The lowest BCUT2D eigenvalue weighted by Crippen LogP contribution is -2.02. The van der Waals surface area contributed by atoms with E-state index in [1.54, 1.807) is 22.2 Å². The summed E-state index contributed by atoms with van der Waals surface area (Å²) in [5.74, 6) is 0.0601. The molecule has 0 fully saturated rings. The van der Waals surface area contributed by atoms with Crippen molar-refractivity contribution >= 4 is 17.1 Å². The summed E-state index contributed by atoms with van der Waals surface area (Å²) in [6, 6.07) is 1.92. The Morgan fingerprint density at radius 3 is 2.67 bits per heavy atom. The zero-order valence-electron chi connectivity index (χ0n) is 8.94. The van der Waals surface area contributed by atoms with E-state index in [1.807, 2.05) is 32.3 Å². The van der Waals surface area contributed by atoms with E-state index in [9.17, 15) is 4.79 Å². The van der Waals surface area contributed by atoms with Crippen LogP contribution in [-0.2, 0) is 7.05 Å². The Balaban J connectivity index is 2.41. The monoisotopic (exact) mass is 220 g/mol. The fourth-order valence-electron chi connectivity index (χ4n) is 1.44. The van der Waals surface area contributed by atoms with E-state index in [-0.39, 0.29) is 5.78 Å². The molecule has 0 saturated carbocycles. The lowest BCUT2D eigenvalue weighted by Gasteiger charge is -1.97. The number of hydrogen-bond acceptors (Lipinski definition) is 3. The molecule has 0 spiro atoms. The molecule has 0 aliphatic heterocycles. The first kappa shape index (κ1) is 10.1. The summed E-state index contributed by atoms with van der Waals surface area (Å²) < 4.78 is 1.71. The van der Waals surface area contributed by atoms with Gasteiger partial charge < -0.3 is 0 Å². The van der Waals surface area contributed by atoms with Gasteiger partial charge in [-0.2, -0.15) is 5.10 Å². The third kappa shape index (κ3) is 1.72. The number of ketones is 1. The first-order valence-corrected chi connectivity index (χ1v) is 5.56. The molecular weight excluding hydrogens is 208 g/mol. The average Bonchev–Trinajstić information content (AvgIpc) is 2.75. The predicted octanol–water partition coefficient (Wildman–Crippen LogP) is 2.33. The molecule has 78 valence electrons. The molecule has 2 aromatic heterocycles. The lowest BCUT2D eigenvalue weighted by molar-refractivity contribution is 0.103. The SMILES string of the molecule is Cc1cc(C(=O)c2cnn(C)c2C)cs1. The minimum atomic E-state index is 0.0601. The molecule has 15 heavy (non-hydrogen) atoms. The number of aromatic nitrogens is 2. The summed E-state index contributed by atoms with van der Waals surface area (Å²) >= 11 is 1.59. The van der Waals surface area contributed by atoms with Gasteiger partial charge in [-0.05, 0) is 19.9 Å². The van der Waals surface area contributed by atoms with Crippen LogP contribution in [0.4, 0.5) is 0 Å². The number of nitrogens with zero attached hydrogens (tertiary/aromatic N) is 2. The number of hydrogen-bond donors (Lipinski definition) is 0. The number of thiophene rings is 1. The van der Waals surface area contributed by atoms with E-state index in [4.69, 9.17) is 0 Å². The van der Waals surface area contributed by atoms with Crippen molar-refractivity contribution in [3.05, 3.63) is 39.3 Å². The Hall–Kier alpha value is -1.42. The van der Waals surface area contributed by atoms with Crippen LogP contribution in [0.2, 0.25) is 0 Å². The second kappa shape index (κ2) is 3.62. The van der Waals surface area contributed by atoms with Crippen LogP contribution in [0.25, 0.3) is 0 Å². The van der Waals surface area contributed by atoms with Gasteiger partial charge in [-0.1, -0.05) is 0 Å². The van der Waals surface area contributed by atoms with Crippen molar-refractivity contribution in [2.45, 2.75) is 13.8 Å². The average molecular weight is 220 g/mol. The van der Waals surface area contributed by atoms with Gasteiger partial charge in [-0.25, -0.2) is 0 Å². The van der Waals surface area contributed by atoms with E-state index in [1.165, 1.54) is 0 Å². The van der Waals surface area contributed by atoms with Crippen LogP contribution in [0.5, 0.6) is 0 Å². The van der Waals surface area contributed by atoms with Crippen LogP contribution in [0.3, 0.4) is 0 Å². The smallest absolute Gasteiger partial charge is 0.197 e. The predicted molar refractivity (Wildman–Crippen MR) is 60.4 cm³/mol. The quantitative estimate of drug-likeness (QED) is 0.728. The van der Waals surface area contributed by atoms with Crippen molar-refractivity contribution in [2.75, 3.05) is 0 Å². The van der Waals surface area contributed by atoms with Gasteiger partial charge >= 0.3 is 0 Å². The molecule has 0 aliphatic rings. The molecular formula is C11H12N2OS. The third-order valence-electron chi connectivity index (χ3n) is 2.47. The summed E-state index contributed by atoms with van der Waals surface area (Å²) in [7, 11) is 1.84. The van der Waals surface area contributed by atoms with Crippen LogP contribution in [-0.4, -0.2) is 15.6 Å². The van der Waals surface area contributed by atoms with Crippen LogP contribution >= 0.6 is 11.3 Å². The molecule has 0 unspecified atom stereocenters. The van der Waals surface area contributed by atoms with Crippen LogP contribution in [0.15, 0.2) is 17.6 Å². The van der Waals surface area contributed by atoms with Crippen molar-refractivity contribution in [3.8, 4) is 0 Å².